The van der Waals surface area contributed by atoms with E-state index in [0.717, 1.165) is 11.8 Å². The summed E-state index contributed by atoms with van der Waals surface area (Å²) in [6, 6.07) is 1.90. The number of esters is 1. The zero-order chi connectivity index (χ0) is 28.5. The number of carbonyl (C=O) groups is 2. The summed E-state index contributed by atoms with van der Waals surface area (Å²) >= 11 is 0. The minimum atomic E-state index is -1.63. The Bertz CT molecular complexity index is 1250. The molecule has 14 atom stereocenters. The van der Waals surface area contributed by atoms with Crippen LogP contribution in [0.15, 0.2) is 35.2 Å². The number of hydrogen-bond acceptors (Lipinski definition) is 9. The molecule has 6 aliphatic rings. The fraction of sp³-hybridized carbons (Fsp3) is 0.742. The Hall–Kier alpha value is -2.04. The van der Waals surface area contributed by atoms with Crippen LogP contribution in [-0.2, 0) is 33.3 Å². The van der Waals surface area contributed by atoms with Crippen LogP contribution in [0.4, 0.5) is 0 Å². The molecule has 5 fully saturated rings. The van der Waals surface area contributed by atoms with Crippen LogP contribution >= 0.6 is 0 Å². The second-order valence-electron chi connectivity index (χ2n) is 13.7. The number of fused-ring (bicyclic) bond motifs is 1. The van der Waals surface area contributed by atoms with Crippen LogP contribution in [0.5, 0.6) is 0 Å². The molecule has 3 saturated heterocycles. The summed E-state index contributed by atoms with van der Waals surface area (Å²) in [6.45, 7) is 10.3. The van der Waals surface area contributed by atoms with Crippen molar-refractivity contribution < 1.29 is 42.8 Å². The average Bonchev–Trinajstić information content (AvgIpc) is 3.27. The fourth-order valence-electron chi connectivity index (χ4n) is 9.78. The van der Waals surface area contributed by atoms with Crippen LogP contribution in [0.25, 0.3) is 0 Å². The smallest absolute Gasteiger partial charge is 0.309 e. The van der Waals surface area contributed by atoms with Crippen LogP contribution in [-0.4, -0.2) is 67.1 Å². The Morgan fingerprint density at radius 3 is 2.65 bits per heavy atom. The number of methoxy groups -OCH3 is 1. The number of aldehydes is 1. The van der Waals surface area contributed by atoms with Crippen molar-refractivity contribution in [2.45, 2.75) is 89.4 Å². The molecule has 1 aromatic heterocycles. The number of rotatable bonds is 7. The number of carbonyl (C=O) groups excluding carboxylic acids is 2. The van der Waals surface area contributed by atoms with Crippen molar-refractivity contribution in [3.63, 3.8) is 0 Å². The van der Waals surface area contributed by atoms with Crippen molar-refractivity contribution in [3.05, 3.63) is 36.3 Å². The fourth-order valence-corrected chi connectivity index (χ4v) is 9.78. The van der Waals surface area contributed by atoms with Gasteiger partial charge in [0.1, 0.15) is 18.0 Å². The zero-order valence-corrected chi connectivity index (χ0v) is 24.0. The highest BCUT2D eigenvalue weighted by Gasteiger charge is 2.87. The molecule has 0 aromatic carbocycles. The number of furan rings is 1. The first-order chi connectivity index (χ1) is 19.0. The van der Waals surface area contributed by atoms with Gasteiger partial charge < -0.3 is 38.0 Å². The van der Waals surface area contributed by atoms with Crippen molar-refractivity contribution in [1.29, 1.82) is 0 Å². The molecule has 3 aliphatic heterocycles. The van der Waals surface area contributed by atoms with Crippen LogP contribution in [0.2, 0.25) is 0 Å². The summed E-state index contributed by atoms with van der Waals surface area (Å²) in [4.78, 5) is 26.7. The standard InChI is InChI=1S/C31H40O9/c1-7-16(2)25(33)38-22-20(31-19(39-31)12-18(28(31,4)14-32)17-8-11-36-13-17)21-26(35-6)40-30(34)10-9-27(3)15-37-23(22)24(27)29(21,30)5/h8-11,13-14,16,18-24,26,34H,7,12,15H2,1-6H3/t16?,18-,19+,20-,21-,22-,23-,24-,26+,27-,28-,29+,30-,31-/m0/s1. The maximum atomic E-state index is 13.5. The van der Waals surface area contributed by atoms with E-state index in [9.17, 15) is 14.7 Å². The minimum Gasteiger partial charge on any atom is -0.472 e. The molecule has 218 valence electrons. The number of ether oxygens (including phenoxy) is 5. The van der Waals surface area contributed by atoms with E-state index in [2.05, 4.69) is 6.92 Å². The molecule has 0 radical (unpaired) electrons. The predicted molar refractivity (Wildman–Crippen MR) is 140 cm³/mol. The van der Waals surface area contributed by atoms with Gasteiger partial charge in [0.05, 0.1) is 42.7 Å². The van der Waals surface area contributed by atoms with E-state index in [-0.39, 0.29) is 29.8 Å². The molecule has 1 N–H and O–H groups in total. The second kappa shape index (κ2) is 8.28. The Kier molecular flexibility index (Phi) is 5.56. The molecule has 1 aromatic rings. The molecule has 0 spiro atoms. The number of epoxide rings is 1. The van der Waals surface area contributed by atoms with E-state index >= 15 is 0 Å². The zero-order valence-electron chi connectivity index (χ0n) is 24.0. The van der Waals surface area contributed by atoms with E-state index in [4.69, 9.17) is 28.1 Å². The Morgan fingerprint density at radius 1 is 1.23 bits per heavy atom. The summed E-state index contributed by atoms with van der Waals surface area (Å²) < 4.78 is 37.4. The van der Waals surface area contributed by atoms with E-state index in [0.29, 0.717) is 19.4 Å². The van der Waals surface area contributed by atoms with E-state index in [1.807, 2.05) is 39.8 Å². The lowest BCUT2D eigenvalue weighted by Crippen LogP contribution is -2.70. The third-order valence-electron chi connectivity index (χ3n) is 12.0. The molecular formula is C31H40O9. The third-order valence-corrected chi connectivity index (χ3v) is 12.0. The van der Waals surface area contributed by atoms with Gasteiger partial charge in [0.25, 0.3) is 0 Å². The Balaban J connectivity index is 1.43. The molecule has 9 heteroatoms. The molecule has 40 heavy (non-hydrogen) atoms. The summed E-state index contributed by atoms with van der Waals surface area (Å²) in [5.74, 6) is -3.63. The second-order valence-corrected chi connectivity index (χ2v) is 13.7. The van der Waals surface area contributed by atoms with Gasteiger partial charge in [-0.05, 0) is 37.5 Å². The van der Waals surface area contributed by atoms with Crippen LogP contribution in [0.3, 0.4) is 0 Å². The van der Waals surface area contributed by atoms with Gasteiger partial charge in [0.15, 0.2) is 12.1 Å². The summed E-state index contributed by atoms with van der Waals surface area (Å²) in [7, 11) is 1.57. The quantitative estimate of drug-likeness (QED) is 0.233. The molecule has 9 nitrogen and oxygen atoms in total. The lowest BCUT2D eigenvalue weighted by Gasteiger charge is -2.60. The summed E-state index contributed by atoms with van der Waals surface area (Å²) in [6.07, 6.45) is 6.97. The molecule has 4 heterocycles. The topological polar surface area (TPSA) is 117 Å². The maximum absolute atomic E-state index is 13.5. The van der Waals surface area contributed by atoms with Crippen LogP contribution in [0, 0.1) is 39.9 Å². The van der Waals surface area contributed by atoms with Crippen LogP contribution < -0.4 is 0 Å². The van der Waals surface area contributed by atoms with E-state index < -0.39 is 58.0 Å². The van der Waals surface area contributed by atoms with Gasteiger partial charge >= 0.3 is 5.97 Å². The van der Waals surface area contributed by atoms with Gasteiger partial charge in [-0.1, -0.05) is 33.8 Å². The molecule has 3 aliphatic carbocycles. The number of aliphatic hydroxyl groups is 1. The maximum Gasteiger partial charge on any atom is 0.309 e. The first-order valence-electron chi connectivity index (χ1n) is 14.6. The highest BCUT2D eigenvalue weighted by molar-refractivity contribution is 5.72. The summed E-state index contributed by atoms with van der Waals surface area (Å²) in [5.41, 5.74) is -2.30. The summed E-state index contributed by atoms with van der Waals surface area (Å²) in [5, 5.41) is 12.1. The van der Waals surface area contributed by atoms with Crippen molar-refractivity contribution in [2.75, 3.05) is 13.7 Å². The van der Waals surface area contributed by atoms with Gasteiger partial charge in [0, 0.05) is 41.6 Å². The van der Waals surface area contributed by atoms with Gasteiger partial charge in [-0.2, -0.15) is 0 Å². The van der Waals surface area contributed by atoms with Crippen molar-refractivity contribution >= 4 is 12.3 Å². The monoisotopic (exact) mass is 556 g/mol. The predicted octanol–water partition coefficient (Wildman–Crippen LogP) is 3.60. The lowest BCUT2D eigenvalue weighted by molar-refractivity contribution is -0.262. The number of hydrogen-bond donors (Lipinski definition) is 1. The van der Waals surface area contributed by atoms with Gasteiger partial charge in [0.2, 0.25) is 0 Å². The largest absolute Gasteiger partial charge is 0.472 e. The SMILES string of the molecule is CCC(C)C(=O)O[C@@H]1[C@@H]2OC[C@]3(C)C=C[C@]4(O)O[C@@H](OC)[C@H]([C@@H]1[C@@]15O[C@@H]1C[C@@H](c1ccoc1)[C@]5(C)C=O)[C@]4(C)[C@@H]23. The highest BCUT2D eigenvalue weighted by Crippen LogP contribution is 2.78. The lowest BCUT2D eigenvalue weighted by atomic mass is 9.43. The Labute approximate surface area is 234 Å². The van der Waals surface area contributed by atoms with Crippen molar-refractivity contribution in [3.8, 4) is 0 Å². The van der Waals surface area contributed by atoms with Gasteiger partial charge in [-0.15, -0.1) is 0 Å². The molecule has 1 unspecified atom stereocenters. The first kappa shape index (κ1) is 26.8. The first-order valence-corrected chi connectivity index (χ1v) is 14.6. The average molecular weight is 557 g/mol. The van der Waals surface area contributed by atoms with Gasteiger partial charge in [-0.25, -0.2) is 0 Å². The molecule has 0 amide bonds. The third kappa shape index (κ3) is 2.91. The van der Waals surface area contributed by atoms with Gasteiger partial charge in [-0.3, -0.25) is 4.79 Å². The van der Waals surface area contributed by atoms with Crippen molar-refractivity contribution in [2.24, 2.45) is 39.9 Å². The highest BCUT2D eigenvalue weighted by atomic mass is 16.7. The van der Waals surface area contributed by atoms with E-state index in [1.54, 1.807) is 25.7 Å². The normalized spacial score (nSPS) is 54.1. The minimum absolute atomic E-state index is 0.151. The van der Waals surface area contributed by atoms with Crippen LogP contribution in [0.1, 0.15) is 58.9 Å². The molecule has 0 bridgehead atoms. The molecule has 2 saturated carbocycles. The van der Waals surface area contributed by atoms with E-state index in [1.165, 1.54) is 0 Å². The molecule has 7 rings (SSSR count). The molecular weight excluding hydrogens is 516 g/mol. The van der Waals surface area contributed by atoms with Crippen molar-refractivity contribution in [1.82, 2.24) is 0 Å². The Morgan fingerprint density at radius 2 is 2.00 bits per heavy atom.